The van der Waals surface area contributed by atoms with Crippen molar-refractivity contribution in [1.82, 2.24) is 9.80 Å². The Balaban J connectivity index is 2.19. The molecular weight excluding hydrogens is 234 g/mol. The number of hydrogen-bond donors (Lipinski definition) is 1. The maximum Gasteiger partial charge on any atom is 0.0387 e. The number of rotatable bonds is 7. The van der Waals surface area contributed by atoms with E-state index >= 15 is 0 Å². The fourth-order valence-electron chi connectivity index (χ4n) is 4.23. The van der Waals surface area contributed by atoms with E-state index in [9.17, 15) is 0 Å². The van der Waals surface area contributed by atoms with Gasteiger partial charge in [0.2, 0.25) is 0 Å². The Morgan fingerprint density at radius 2 is 2.16 bits per heavy atom. The molecule has 0 aromatic carbocycles. The highest BCUT2D eigenvalue weighted by Crippen LogP contribution is 2.40. The standard InChI is InChI=1S/C16H33N3/c1-4-6-9-19(14(3)5-2)16(13-17)8-11-18-10-7-15(16)12-18/h14-15H,4-13,17H2,1-3H3. The van der Waals surface area contributed by atoms with Crippen molar-refractivity contribution in [3.05, 3.63) is 0 Å². The third-order valence-corrected chi connectivity index (χ3v) is 5.69. The van der Waals surface area contributed by atoms with Crippen LogP contribution in [0.15, 0.2) is 0 Å². The third-order valence-electron chi connectivity index (χ3n) is 5.69. The zero-order chi connectivity index (χ0) is 13.9. The molecule has 2 N–H and O–H groups in total. The van der Waals surface area contributed by atoms with Crippen LogP contribution < -0.4 is 5.73 Å². The summed E-state index contributed by atoms with van der Waals surface area (Å²) in [6.07, 6.45) is 6.47. The highest BCUT2D eigenvalue weighted by atomic mass is 15.3. The lowest BCUT2D eigenvalue weighted by atomic mass is 9.76. The molecule has 2 saturated heterocycles. The zero-order valence-corrected chi connectivity index (χ0v) is 13.2. The van der Waals surface area contributed by atoms with Crippen molar-refractivity contribution < 1.29 is 0 Å². The van der Waals surface area contributed by atoms with Crippen LogP contribution in [0.5, 0.6) is 0 Å². The number of piperidine rings is 1. The van der Waals surface area contributed by atoms with E-state index in [4.69, 9.17) is 5.73 Å². The van der Waals surface area contributed by atoms with Crippen molar-refractivity contribution in [2.75, 3.05) is 32.7 Å². The van der Waals surface area contributed by atoms with Crippen molar-refractivity contribution in [3.8, 4) is 0 Å². The summed E-state index contributed by atoms with van der Waals surface area (Å²) in [5.74, 6) is 0.803. The van der Waals surface area contributed by atoms with Crippen LogP contribution in [0.1, 0.15) is 52.9 Å². The average Bonchev–Trinajstić information content (AvgIpc) is 2.85. The van der Waals surface area contributed by atoms with Gasteiger partial charge in [0.05, 0.1) is 0 Å². The fraction of sp³-hybridized carbons (Fsp3) is 1.00. The first-order valence-corrected chi connectivity index (χ1v) is 8.37. The molecule has 2 heterocycles. The molecule has 2 aliphatic heterocycles. The van der Waals surface area contributed by atoms with E-state index in [2.05, 4.69) is 30.6 Å². The maximum atomic E-state index is 6.33. The van der Waals surface area contributed by atoms with Crippen LogP contribution in [-0.2, 0) is 0 Å². The van der Waals surface area contributed by atoms with Crippen molar-refractivity contribution in [2.24, 2.45) is 11.7 Å². The number of fused-ring (bicyclic) bond motifs is 2. The second-order valence-corrected chi connectivity index (χ2v) is 6.65. The number of hydrogen-bond acceptors (Lipinski definition) is 3. The van der Waals surface area contributed by atoms with Gasteiger partial charge in [-0.05, 0) is 58.2 Å². The predicted molar refractivity (Wildman–Crippen MR) is 82.3 cm³/mol. The average molecular weight is 267 g/mol. The third kappa shape index (κ3) is 2.84. The molecule has 4 unspecified atom stereocenters. The highest BCUT2D eigenvalue weighted by molar-refractivity contribution is 5.06. The van der Waals surface area contributed by atoms with Gasteiger partial charge >= 0.3 is 0 Å². The molecular formula is C16H33N3. The molecule has 0 spiro atoms. The van der Waals surface area contributed by atoms with E-state index in [1.807, 2.05) is 0 Å². The molecule has 2 aliphatic rings. The molecule has 2 bridgehead atoms. The van der Waals surface area contributed by atoms with Crippen molar-refractivity contribution in [3.63, 3.8) is 0 Å². The van der Waals surface area contributed by atoms with Gasteiger partial charge in [-0.25, -0.2) is 0 Å². The minimum atomic E-state index is 0.289. The molecule has 0 amide bonds. The molecule has 3 nitrogen and oxygen atoms in total. The summed E-state index contributed by atoms with van der Waals surface area (Å²) in [6.45, 7) is 12.9. The van der Waals surface area contributed by atoms with Crippen LogP contribution in [0.4, 0.5) is 0 Å². The minimum absolute atomic E-state index is 0.289. The van der Waals surface area contributed by atoms with Crippen molar-refractivity contribution >= 4 is 0 Å². The first kappa shape index (κ1) is 15.3. The highest BCUT2D eigenvalue weighted by Gasteiger charge is 2.49. The topological polar surface area (TPSA) is 32.5 Å². The normalized spacial score (nSPS) is 35.8. The Morgan fingerprint density at radius 3 is 2.79 bits per heavy atom. The van der Waals surface area contributed by atoms with Crippen LogP contribution in [-0.4, -0.2) is 54.1 Å². The molecule has 2 fully saturated rings. The first-order chi connectivity index (χ1) is 9.17. The van der Waals surface area contributed by atoms with E-state index in [1.54, 1.807) is 0 Å². The van der Waals surface area contributed by atoms with Gasteiger partial charge in [0, 0.05) is 24.7 Å². The quantitative estimate of drug-likeness (QED) is 0.768. The van der Waals surface area contributed by atoms with Gasteiger partial charge in [-0.15, -0.1) is 0 Å². The second kappa shape index (κ2) is 6.55. The molecule has 0 saturated carbocycles. The summed E-state index contributed by atoms with van der Waals surface area (Å²) in [4.78, 5) is 5.43. The van der Waals surface area contributed by atoms with Gasteiger partial charge in [-0.1, -0.05) is 20.3 Å². The lowest BCUT2D eigenvalue weighted by molar-refractivity contribution is -0.0195. The second-order valence-electron chi connectivity index (χ2n) is 6.65. The molecule has 19 heavy (non-hydrogen) atoms. The molecule has 3 heteroatoms. The van der Waals surface area contributed by atoms with Gasteiger partial charge in [-0.2, -0.15) is 0 Å². The summed E-state index contributed by atoms with van der Waals surface area (Å²) >= 11 is 0. The van der Waals surface area contributed by atoms with E-state index in [-0.39, 0.29) is 5.54 Å². The summed E-state index contributed by atoms with van der Waals surface area (Å²) in [5.41, 5.74) is 6.62. The Morgan fingerprint density at radius 1 is 1.37 bits per heavy atom. The molecule has 2 rings (SSSR count). The lowest BCUT2D eigenvalue weighted by Crippen LogP contribution is -2.64. The lowest BCUT2D eigenvalue weighted by Gasteiger charge is -2.52. The number of nitrogens with two attached hydrogens (primary N) is 1. The van der Waals surface area contributed by atoms with Gasteiger partial charge < -0.3 is 10.6 Å². The summed E-state index contributed by atoms with van der Waals surface area (Å²) in [7, 11) is 0. The molecule has 4 atom stereocenters. The monoisotopic (exact) mass is 267 g/mol. The summed E-state index contributed by atoms with van der Waals surface area (Å²) in [6, 6.07) is 0.669. The Kier molecular flexibility index (Phi) is 5.27. The zero-order valence-electron chi connectivity index (χ0n) is 13.2. The van der Waals surface area contributed by atoms with Crippen LogP contribution in [0, 0.1) is 5.92 Å². The largest absolute Gasteiger partial charge is 0.329 e. The minimum Gasteiger partial charge on any atom is -0.329 e. The first-order valence-electron chi connectivity index (χ1n) is 8.37. The molecule has 0 radical (unpaired) electrons. The van der Waals surface area contributed by atoms with E-state index < -0.39 is 0 Å². The maximum absolute atomic E-state index is 6.33. The molecule has 0 aromatic heterocycles. The van der Waals surface area contributed by atoms with Crippen LogP contribution >= 0.6 is 0 Å². The van der Waals surface area contributed by atoms with Crippen LogP contribution in [0.2, 0.25) is 0 Å². The van der Waals surface area contributed by atoms with E-state index in [0.717, 1.165) is 12.5 Å². The number of unbranched alkanes of at least 4 members (excludes halogenated alkanes) is 1. The van der Waals surface area contributed by atoms with E-state index in [0.29, 0.717) is 6.04 Å². The fourth-order valence-corrected chi connectivity index (χ4v) is 4.23. The van der Waals surface area contributed by atoms with Crippen LogP contribution in [0.3, 0.4) is 0 Å². The molecule has 0 aromatic rings. The van der Waals surface area contributed by atoms with Gasteiger partial charge in [-0.3, -0.25) is 4.90 Å². The Hall–Kier alpha value is -0.120. The predicted octanol–water partition coefficient (Wildman–Crippen LogP) is 2.31. The molecule has 112 valence electrons. The smallest absolute Gasteiger partial charge is 0.0387 e. The SMILES string of the molecule is CCCCN(C(C)CC)C1(CN)CCN2CCC1C2. The van der Waals surface area contributed by atoms with Gasteiger partial charge in [0.1, 0.15) is 0 Å². The molecule has 0 aliphatic carbocycles. The van der Waals surface area contributed by atoms with Crippen molar-refractivity contribution in [1.29, 1.82) is 0 Å². The summed E-state index contributed by atoms with van der Waals surface area (Å²) in [5, 5.41) is 0. The Bertz CT molecular complexity index is 281. The van der Waals surface area contributed by atoms with E-state index in [1.165, 1.54) is 58.3 Å². The van der Waals surface area contributed by atoms with Gasteiger partial charge in [0.15, 0.2) is 0 Å². The van der Waals surface area contributed by atoms with Gasteiger partial charge in [0.25, 0.3) is 0 Å². The Labute approximate surface area is 119 Å². The number of nitrogens with zero attached hydrogens (tertiary/aromatic N) is 2. The van der Waals surface area contributed by atoms with Crippen LogP contribution in [0.25, 0.3) is 0 Å². The summed E-state index contributed by atoms with van der Waals surface area (Å²) < 4.78 is 0. The van der Waals surface area contributed by atoms with Crippen molar-refractivity contribution in [2.45, 2.75) is 64.5 Å².